The minimum Gasteiger partial charge on any atom is -0.404 e. The van der Waals surface area contributed by atoms with Gasteiger partial charge in [-0.15, -0.1) is 24.3 Å². The first kappa shape index (κ1) is 22.6. The molecule has 0 atom stereocenters. The Hall–Kier alpha value is -2.62. The number of fused-ring (bicyclic) bond motifs is 3. The van der Waals surface area contributed by atoms with Crippen LogP contribution in [0.5, 0.6) is 0 Å². The minimum atomic E-state index is -0.0146. The molecule has 1 aliphatic heterocycles. The number of hydrogen-bond acceptors (Lipinski definition) is 2. The van der Waals surface area contributed by atoms with Gasteiger partial charge in [0, 0.05) is 44.0 Å². The molecule has 0 amide bonds. The number of imidazole rings is 1. The normalized spacial score (nSPS) is 12.6. The summed E-state index contributed by atoms with van der Waals surface area (Å²) in [5.74, 6) is 1.81. The van der Waals surface area contributed by atoms with E-state index < -0.39 is 0 Å². The number of hydrogen-bond donors (Lipinski definition) is 0. The Balaban J connectivity index is 0.00000245. The Labute approximate surface area is 205 Å². The fraction of sp³-hybridized carbons (Fsp3) is 0.222. The molecule has 163 valence electrons. The molecule has 0 fully saturated rings. The van der Waals surface area contributed by atoms with Crippen LogP contribution in [0.2, 0.25) is 0 Å². The van der Waals surface area contributed by atoms with Gasteiger partial charge in [0.15, 0.2) is 0 Å². The van der Waals surface area contributed by atoms with Crippen molar-refractivity contribution in [3.05, 3.63) is 96.3 Å². The quantitative estimate of drug-likeness (QED) is 0.213. The second-order valence-corrected chi connectivity index (χ2v) is 8.83. The molecular weight excluding hydrogens is 569 g/mol. The molecule has 0 unspecified atom stereocenters. The van der Waals surface area contributed by atoms with Gasteiger partial charge >= 0.3 is 6.98 Å². The average Bonchev–Trinajstić information content (AvgIpc) is 3.28. The Kier molecular flexibility index (Phi) is 6.41. The molecule has 0 N–H and O–H groups in total. The van der Waals surface area contributed by atoms with E-state index in [9.17, 15) is 0 Å². The van der Waals surface area contributed by atoms with Crippen molar-refractivity contribution in [1.82, 2.24) is 9.46 Å². The van der Waals surface area contributed by atoms with Gasteiger partial charge in [-0.05, 0) is 40.6 Å². The summed E-state index contributed by atoms with van der Waals surface area (Å²) in [6.07, 6.45) is 4.02. The fourth-order valence-corrected chi connectivity index (χ4v) is 4.81. The zero-order valence-corrected chi connectivity index (χ0v) is 21.3. The van der Waals surface area contributed by atoms with Gasteiger partial charge in [0.2, 0.25) is 0 Å². The molecule has 2 heterocycles. The van der Waals surface area contributed by atoms with E-state index in [1.807, 2.05) is 12.3 Å². The summed E-state index contributed by atoms with van der Waals surface area (Å²) in [5.41, 5.74) is 7.51. The van der Waals surface area contributed by atoms with Crippen molar-refractivity contribution < 1.29 is 20.1 Å². The van der Waals surface area contributed by atoms with E-state index in [0.29, 0.717) is 11.8 Å². The Morgan fingerprint density at radius 2 is 1.53 bits per heavy atom. The van der Waals surface area contributed by atoms with Crippen molar-refractivity contribution in [3.63, 3.8) is 0 Å². The van der Waals surface area contributed by atoms with E-state index in [-0.39, 0.29) is 27.1 Å². The summed E-state index contributed by atoms with van der Waals surface area (Å²) in [6.45, 7) is 9.13. The molecule has 5 heteroatoms. The van der Waals surface area contributed by atoms with E-state index >= 15 is 0 Å². The number of nitrogens with zero attached hydrogens (tertiary/aromatic N) is 3. The Morgan fingerprint density at radius 1 is 0.844 bits per heavy atom. The molecule has 0 bridgehead atoms. The number of anilines is 2. The van der Waals surface area contributed by atoms with Crippen molar-refractivity contribution >= 4 is 23.8 Å². The zero-order chi connectivity index (χ0) is 21.5. The second kappa shape index (κ2) is 9.09. The molecular formula is C27H27BIrN3-. The van der Waals surface area contributed by atoms with E-state index in [1.165, 1.54) is 22.3 Å². The zero-order valence-electron chi connectivity index (χ0n) is 18.9. The summed E-state index contributed by atoms with van der Waals surface area (Å²) >= 11 is 0. The third kappa shape index (κ3) is 3.64. The van der Waals surface area contributed by atoms with Crippen LogP contribution in [0.4, 0.5) is 11.4 Å². The maximum absolute atomic E-state index is 4.76. The molecule has 3 aromatic carbocycles. The van der Waals surface area contributed by atoms with Gasteiger partial charge in [-0.1, -0.05) is 75.3 Å². The van der Waals surface area contributed by atoms with Gasteiger partial charge in [-0.25, -0.2) is 0 Å². The largest absolute Gasteiger partial charge is 0.404 e. The topological polar surface area (TPSA) is 21.1 Å². The number of benzene rings is 3. The summed E-state index contributed by atoms with van der Waals surface area (Å²) < 4.78 is 2.32. The van der Waals surface area contributed by atoms with Crippen LogP contribution < -0.4 is 10.3 Å². The monoisotopic (exact) mass is 597 g/mol. The Morgan fingerprint density at radius 3 is 2.19 bits per heavy atom. The smallest absolute Gasteiger partial charge is 0.404 e. The molecule has 32 heavy (non-hydrogen) atoms. The van der Waals surface area contributed by atoms with Gasteiger partial charge in [0.05, 0.1) is 0 Å². The van der Waals surface area contributed by atoms with Crippen LogP contribution in [0.15, 0.2) is 79.1 Å². The molecule has 4 aromatic rings. The van der Waals surface area contributed by atoms with Crippen LogP contribution in [0.25, 0.3) is 11.4 Å². The van der Waals surface area contributed by atoms with Crippen molar-refractivity contribution in [2.45, 2.75) is 39.5 Å². The van der Waals surface area contributed by atoms with Gasteiger partial charge in [-0.3, -0.25) is 4.98 Å². The second-order valence-electron chi connectivity index (χ2n) is 8.83. The summed E-state index contributed by atoms with van der Waals surface area (Å²) in [7, 11) is 0. The summed E-state index contributed by atoms with van der Waals surface area (Å²) in [4.78, 5) is 7.21. The van der Waals surface area contributed by atoms with Crippen LogP contribution in [-0.4, -0.2) is 16.4 Å². The van der Waals surface area contributed by atoms with Crippen LogP contribution in [0.1, 0.15) is 50.7 Å². The van der Waals surface area contributed by atoms with Crippen LogP contribution in [0, 0.1) is 6.07 Å². The van der Waals surface area contributed by atoms with Gasteiger partial charge in [0.1, 0.15) is 0 Å². The summed E-state index contributed by atoms with van der Waals surface area (Å²) in [5, 5.41) is 0. The molecule has 1 radical (unpaired) electrons. The van der Waals surface area contributed by atoms with Crippen LogP contribution in [0.3, 0.4) is 0 Å². The molecule has 0 saturated carbocycles. The number of para-hydroxylation sites is 1. The van der Waals surface area contributed by atoms with E-state index in [0.717, 1.165) is 17.1 Å². The fourth-order valence-electron chi connectivity index (χ4n) is 4.81. The van der Waals surface area contributed by atoms with Gasteiger partial charge in [0.25, 0.3) is 0 Å². The van der Waals surface area contributed by atoms with Crippen molar-refractivity contribution in [1.29, 1.82) is 0 Å². The third-order valence-electron chi connectivity index (χ3n) is 6.20. The third-order valence-corrected chi connectivity index (χ3v) is 6.20. The molecule has 3 nitrogen and oxygen atoms in total. The van der Waals surface area contributed by atoms with Crippen LogP contribution >= 0.6 is 0 Å². The van der Waals surface area contributed by atoms with Gasteiger partial charge in [-0.2, -0.15) is 0 Å². The number of rotatable bonds is 4. The maximum atomic E-state index is 4.76. The average molecular weight is 597 g/mol. The van der Waals surface area contributed by atoms with Crippen molar-refractivity contribution in [2.75, 3.05) is 4.81 Å². The number of aromatic nitrogens is 2. The van der Waals surface area contributed by atoms with Crippen molar-refractivity contribution in [2.24, 2.45) is 0 Å². The van der Waals surface area contributed by atoms with E-state index in [1.54, 1.807) is 0 Å². The first-order valence-corrected chi connectivity index (χ1v) is 11.1. The SMILES string of the molecule is CC(C)c1cccc(C(C)C)c1B1N(c2ccccc2)c2ccc[c-]c2-c2nccn21.[Ir]. The molecule has 0 spiro atoms. The minimum absolute atomic E-state index is 0. The predicted molar refractivity (Wildman–Crippen MR) is 130 cm³/mol. The first-order valence-electron chi connectivity index (χ1n) is 11.1. The summed E-state index contributed by atoms with van der Waals surface area (Å²) in [6, 6.07) is 27.2. The first-order chi connectivity index (χ1) is 15.1. The predicted octanol–water partition coefficient (Wildman–Crippen LogP) is 5.99. The molecule has 0 saturated heterocycles. The van der Waals surface area contributed by atoms with E-state index in [2.05, 4.69) is 110 Å². The standard InChI is InChI=1S/C27H27BN3.Ir/c1-19(2)22-14-10-15-23(20(3)4)26(22)28-30-18-17-29-27(30)24-13-8-9-16-25(24)31(28)21-11-6-5-7-12-21;/h5-12,14-20H,1-4H3;/q-1;. The maximum Gasteiger partial charge on any atom is 0.404 e. The van der Waals surface area contributed by atoms with E-state index in [4.69, 9.17) is 4.98 Å². The molecule has 5 rings (SSSR count). The van der Waals surface area contributed by atoms with Crippen molar-refractivity contribution in [3.8, 4) is 11.4 Å². The van der Waals surface area contributed by atoms with Gasteiger partial charge < -0.3 is 9.29 Å². The molecule has 1 aliphatic rings. The Bertz CT molecular complexity index is 1190. The molecule has 1 aromatic heterocycles. The van der Waals surface area contributed by atoms with Crippen LogP contribution in [-0.2, 0) is 20.1 Å². The molecule has 0 aliphatic carbocycles.